The summed E-state index contributed by atoms with van der Waals surface area (Å²) in [5.74, 6) is 1.48. The molecule has 10 nitrogen and oxygen atoms in total. The van der Waals surface area contributed by atoms with Crippen LogP contribution in [0.15, 0.2) is 79.1 Å². The minimum absolute atomic E-state index is 0.0232. The van der Waals surface area contributed by atoms with Gasteiger partial charge in [-0.1, -0.05) is 38.5 Å². The summed E-state index contributed by atoms with van der Waals surface area (Å²) in [6.45, 7) is 8.28. The lowest BCUT2D eigenvalue weighted by molar-refractivity contribution is -0.122. The van der Waals surface area contributed by atoms with Crippen molar-refractivity contribution >= 4 is 34.2 Å². The zero-order valence-corrected chi connectivity index (χ0v) is 24.8. The van der Waals surface area contributed by atoms with Gasteiger partial charge in [0.25, 0.3) is 0 Å². The van der Waals surface area contributed by atoms with E-state index in [1.54, 1.807) is 47.4 Å². The van der Waals surface area contributed by atoms with Gasteiger partial charge in [0.05, 0.1) is 29.2 Å². The number of benzene rings is 2. The number of rotatable bonds is 9. The first-order valence-corrected chi connectivity index (χ1v) is 13.9. The van der Waals surface area contributed by atoms with E-state index in [-0.39, 0.29) is 24.2 Å². The van der Waals surface area contributed by atoms with Crippen molar-refractivity contribution in [2.24, 2.45) is 0 Å². The predicted molar refractivity (Wildman–Crippen MR) is 166 cm³/mol. The summed E-state index contributed by atoms with van der Waals surface area (Å²) >= 11 is 0. The topological polar surface area (TPSA) is 120 Å². The number of hydrogen-bond donors (Lipinski definition) is 2. The van der Waals surface area contributed by atoms with Crippen molar-refractivity contribution in [2.45, 2.75) is 39.5 Å². The van der Waals surface area contributed by atoms with Crippen LogP contribution in [0.3, 0.4) is 0 Å². The minimum atomic E-state index is -0.424. The predicted octanol–water partition coefficient (Wildman–Crippen LogP) is 6.62. The van der Waals surface area contributed by atoms with E-state index in [1.807, 2.05) is 43.3 Å². The number of urea groups is 1. The Kier molecular flexibility index (Phi) is 8.49. The van der Waals surface area contributed by atoms with Crippen LogP contribution in [0, 0.1) is 6.92 Å². The maximum absolute atomic E-state index is 13.3. The molecule has 0 atom stereocenters. The molecule has 5 rings (SSSR count). The molecule has 2 amide bonds. The van der Waals surface area contributed by atoms with E-state index >= 15 is 0 Å². The molecule has 0 saturated heterocycles. The van der Waals surface area contributed by atoms with Crippen molar-refractivity contribution in [1.29, 1.82) is 0 Å². The molecular formula is C33H34N6O4. The Balaban J connectivity index is 1.38. The number of nitrogens with zero attached hydrogens (tertiary/aromatic N) is 4. The number of carbonyl (C=O) groups excluding carboxylic acids is 2. The number of methoxy groups -OCH3 is 1. The minimum Gasteiger partial charge on any atom is -0.455 e. The van der Waals surface area contributed by atoms with E-state index in [0.717, 1.165) is 16.9 Å². The molecule has 43 heavy (non-hydrogen) atoms. The maximum atomic E-state index is 13.3. The highest BCUT2D eigenvalue weighted by atomic mass is 16.5. The molecule has 0 bridgehead atoms. The lowest BCUT2D eigenvalue weighted by Gasteiger charge is -2.14. The van der Waals surface area contributed by atoms with Gasteiger partial charge in [-0.3, -0.25) is 20.1 Å². The van der Waals surface area contributed by atoms with E-state index in [9.17, 15) is 9.59 Å². The monoisotopic (exact) mass is 578 g/mol. The van der Waals surface area contributed by atoms with Crippen molar-refractivity contribution in [2.75, 3.05) is 24.4 Å². The smallest absolute Gasteiger partial charge is 0.324 e. The third-order valence-corrected chi connectivity index (χ3v) is 6.68. The molecule has 2 aromatic carbocycles. The van der Waals surface area contributed by atoms with Gasteiger partial charge in [-0.2, -0.15) is 5.10 Å². The highest BCUT2D eigenvalue weighted by Gasteiger charge is 2.22. The fourth-order valence-electron chi connectivity index (χ4n) is 4.48. The zero-order chi connectivity index (χ0) is 30.6. The average molecular weight is 579 g/mol. The van der Waals surface area contributed by atoms with Gasteiger partial charge in [0.2, 0.25) is 0 Å². The van der Waals surface area contributed by atoms with Crippen LogP contribution in [-0.4, -0.2) is 45.3 Å². The largest absolute Gasteiger partial charge is 0.455 e. The molecule has 0 aliphatic rings. The normalized spacial score (nSPS) is 11.4. The van der Waals surface area contributed by atoms with Gasteiger partial charge in [0.1, 0.15) is 23.7 Å². The number of ketones is 1. The summed E-state index contributed by atoms with van der Waals surface area (Å²) < 4.78 is 12.8. The second-order valence-electron chi connectivity index (χ2n) is 11.2. The molecule has 0 saturated carbocycles. The molecule has 0 radical (unpaired) electrons. The van der Waals surface area contributed by atoms with Crippen LogP contribution >= 0.6 is 0 Å². The van der Waals surface area contributed by atoms with E-state index in [2.05, 4.69) is 41.4 Å². The third kappa shape index (κ3) is 7.04. The molecule has 3 heterocycles. The number of aromatic nitrogens is 4. The molecule has 2 N–H and O–H groups in total. The van der Waals surface area contributed by atoms with Crippen molar-refractivity contribution in [3.63, 3.8) is 0 Å². The molecule has 3 aromatic heterocycles. The number of anilines is 2. The molecule has 220 valence electrons. The van der Waals surface area contributed by atoms with Crippen LogP contribution in [0.25, 0.3) is 16.6 Å². The number of nitrogens with one attached hydrogen (secondary N) is 2. The van der Waals surface area contributed by atoms with Gasteiger partial charge in [0.15, 0.2) is 11.5 Å². The quantitative estimate of drug-likeness (QED) is 0.202. The molecule has 0 fully saturated rings. The van der Waals surface area contributed by atoms with Crippen molar-refractivity contribution in [3.8, 4) is 17.2 Å². The molecule has 0 aliphatic carbocycles. The highest BCUT2D eigenvalue weighted by molar-refractivity contribution is 6.06. The number of ether oxygens (including phenoxy) is 2. The molecule has 0 unspecified atom stereocenters. The fraction of sp³-hybridized carbons (Fsp3) is 0.242. The summed E-state index contributed by atoms with van der Waals surface area (Å²) in [5.41, 5.74) is 4.31. The van der Waals surface area contributed by atoms with Crippen molar-refractivity contribution in [3.05, 3.63) is 96.1 Å². The Morgan fingerprint density at radius 2 is 1.72 bits per heavy atom. The van der Waals surface area contributed by atoms with Gasteiger partial charge >= 0.3 is 6.03 Å². The summed E-state index contributed by atoms with van der Waals surface area (Å²) in [6.07, 6.45) is 3.39. The Hall–Kier alpha value is -5.09. The Morgan fingerprint density at radius 3 is 2.47 bits per heavy atom. The fourth-order valence-corrected chi connectivity index (χ4v) is 4.48. The number of amides is 2. The molecule has 0 spiro atoms. The number of aryl methyl sites for hydroxylation is 1. The average Bonchev–Trinajstić information content (AvgIpc) is 3.39. The summed E-state index contributed by atoms with van der Waals surface area (Å²) in [4.78, 5) is 34.1. The summed E-state index contributed by atoms with van der Waals surface area (Å²) in [5, 5.41) is 11.4. The van der Waals surface area contributed by atoms with Gasteiger partial charge in [-0.15, -0.1) is 0 Å². The van der Waals surface area contributed by atoms with E-state index in [4.69, 9.17) is 14.6 Å². The lowest BCUT2D eigenvalue weighted by Crippen LogP contribution is -2.21. The second-order valence-corrected chi connectivity index (χ2v) is 11.2. The highest BCUT2D eigenvalue weighted by Crippen LogP contribution is 2.33. The Labute approximate surface area is 250 Å². The maximum Gasteiger partial charge on any atom is 0.324 e. The first-order valence-electron chi connectivity index (χ1n) is 13.9. The van der Waals surface area contributed by atoms with E-state index in [0.29, 0.717) is 39.6 Å². The van der Waals surface area contributed by atoms with E-state index in [1.165, 1.54) is 7.11 Å². The van der Waals surface area contributed by atoms with Crippen LogP contribution in [-0.2, 0) is 21.4 Å². The zero-order valence-electron chi connectivity index (χ0n) is 24.8. The second kappa shape index (κ2) is 12.4. The Morgan fingerprint density at radius 1 is 0.930 bits per heavy atom. The van der Waals surface area contributed by atoms with Crippen LogP contribution in [0.5, 0.6) is 11.5 Å². The number of carbonyl (C=O) groups is 2. The number of pyridine rings is 2. The number of Topliss-reactive ketones (excluding diaryl/α,β-unsaturated/α-hetero) is 1. The van der Waals surface area contributed by atoms with Gasteiger partial charge in [-0.25, -0.2) is 9.48 Å². The first-order chi connectivity index (χ1) is 20.6. The number of hydrogen-bond acceptors (Lipinski definition) is 7. The number of fused-ring (bicyclic) bond motifs is 1. The molecular weight excluding hydrogens is 544 g/mol. The van der Waals surface area contributed by atoms with E-state index < -0.39 is 6.03 Å². The SMILES string of the molecule is COCC(=O)Cc1cc(Oc2ccc(NC(=O)Nc3cc(C(C)(C)C)nn3-c3ccc(C)cc3)c3cccnc23)ccn1. The van der Waals surface area contributed by atoms with Crippen molar-refractivity contribution < 1.29 is 19.1 Å². The first kappa shape index (κ1) is 29.4. The summed E-state index contributed by atoms with van der Waals surface area (Å²) in [6, 6.07) is 20.0. The lowest BCUT2D eigenvalue weighted by atomic mass is 9.92. The molecule has 5 aromatic rings. The van der Waals surface area contributed by atoms with Crippen molar-refractivity contribution in [1.82, 2.24) is 19.7 Å². The van der Waals surface area contributed by atoms with Crippen LogP contribution < -0.4 is 15.4 Å². The third-order valence-electron chi connectivity index (χ3n) is 6.68. The van der Waals surface area contributed by atoms with Gasteiger partial charge in [-0.05, 0) is 49.4 Å². The van der Waals surface area contributed by atoms with Crippen LogP contribution in [0.1, 0.15) is 37.7 Å². The van der Waals surface area contributed by atoms with Crippen LogP contribution in [0.2, 0.25) is 0 Å². The molecule has 0 aliphatic heterocycles. The Bertz CT molecular complexity index is 1770. The van der Waals surface area contributed by atoms with Crippen LogP contribution in [0.4, 0.5) is 16.3 Å². The van der Waals surface area contributed by atoms with Gasteiger partial charge < -0.3 is 14.8 Å². The van der Waals surface area contributed by atoms with Gasteiger partial charge in [0, 0.05) is 42.4 Å². The standard InChI is InChI=1S/C33H34N6O4/c1-21-8-10-23(11-9-21)39-30(19-29(38-39)33(2,3)4)37-32(41)36-27-12-13-28(31-26(27)7-6-15-35-31)43-25-14-16-34-22(18-25)17-24(40)20-42-5/h6-16,18-19H,17,20H2,1-5H3,(H2,36,37,41). The summed E-state index contributed by atoms with van der Waals surface area (Å²) in [7, 11) is 1.48. The molecule has 10 heteroatoms.